The zero-order chi connectivity index (χ0) is 10.4. The summed E-state index contributed by atoms with van der Waals surface area (Å²) in [6, 6.07) is 11.2. The number of nitrogens with one attached hydrogen (secondary N) is 1. The molecule has 0 aliphatic carbocycles. The van der Waals surface area contributed by atoms with Crippen molar-refractivity contribution in [1.82, 2.24) is 0 Å². The van der Waals surface area contributed by atoms with Crippen molar-refractivity contribution in [2.75, 3.05) is 5.32 Å². The van der Waals surface area contributed by atoms with E-state index in [-0.39, 0.29) is 10.2 Å². The third kappa shape index (κ3) is 3.07. The molecule has 0 saturated carbocycles. The van der Waals surface area contributed by atoms with Crippen LogP contribution in [0.2, 0.25) is 0 Å². The second-order valence-corrected chi connectivity index (χ2v) is 3.64. The van der Waals surface area contributed by atoms with Crippen LogP contribution in [0.1, 0.15) is 0 Å². The number of carbonyl (C=O) groups is 1. The van der Waals surface area contributed by atoms with E-state index in [1.807, 2.05) is 36.4 Å². The molecule has 0 bridgehead atoms. The van der Waals surface area contributed by atoms with E-state index in [2.05, 4.69) is 5.32 Å². The van der Waals surface area contributed by atoms with Gasteiger partial charge in [-0.3, -0.25) is 0 Å². The Balaban J connectivity index is 2.73. The summed E-state index contributed by atoms with van der Waals surface area (Å²) < 4.78 is -0.101. The average Bonchev–Trinajstić information content (AvgIpc) is 2.20. The lowest BCUT2D eigenvalue weighted by Gasteiger charge is -1.99. The fourth-order valence-corrected chi connectivity index (χ4v) is 1.16. The van der Waals surface area contributed by atoms with Gasteiger partial charge in [-0.25, -0.2) is 0 Å². The van der Waals surface area contributed by atoms with Gasteiger partial charge in [-0.05, 0) is 12.1 Å². The van der Waals surface area contributed by atoms with Crippen LogP contribution < -0.4 is 5.32 Å². The molecular formula is C10H9AlN2O. The summed E-state index contributed by atoms with van der Waals surface area (Å²) in [6.45, 7) is 0. The van der Waals surface area contributed by atoms with E-state index in [0.29, 0.717) is 16.3 Å². The van der Waals surface area contributed by atoms with Crippen molar-refractivity contribution in [1.29, 1.82) is 5.26 Å². The summed E-state index contributed by atoms with van der Waals surface area (Å²) in [5.74, 6) is 0. The van der Waals surface area contributed by atoms with Crippen molar-refractivity contribution < 1.29 is 4.79 Å². The molecule has 1 aromatic carbocycles. The fourth-order valence-electron chi connectivity index (χ4n) is 0.903. The number of nitrogens with zero attached hydrogens (tertiary/aromatic N) is 1. The minimum atomic E-state index is -0.101. The summed E-state index contributed by atoms with van der Waals surface area (Å²) in [4.78, 5) is 10.9. The van der Waals surface area contributed by atoms with Gasteiger partial charge in [-0.15, -0.1) is 0 Å². The first kappa shape index (κ1) is 10.5. The van der Waals surface area contributed by atoms with Crippen molar-refractivity contribution in [2.24, 2.45) is 0 Å². The molecule has 1 aromatic rings. The number of benzene rings is 1. The minimum absolute atomic E-state index is 0.101. The zero-order valence-corrected chi connectivity index (χ0v) is 9.82. The molecular weight excluding hydrogens is 191 g/mol. The Labute approximate surface area is 90.5 Å². The Bertz CT molecular complexity index is 392. The van der Waals surface area contributed by atoms with Crippen molar-refractivity contribution in [3.8, 4) is 6.07 Å². The van der Waals surface area contributed by atoms with E-state index in [0.717, 1.165) is 5.69 Å². The van der Waals surface area contributed by atoms with Crippen LogP contribution in [0.5, 0.6) is 0 Å². The van der Waals surface area contributed by atoms with Gasteiger partial charge in [-0.2, -0.15) is 5.26 Å². The van der Waals surface area contributed by atoms with Gasteiger partial charge < -0.3 is 10.1 Å². The van der Waals surface area contributed by atoms with Gasteiger partial charge in [0.2, 0.25) is 0 Å². The van der Waals surface area contributed by atoms with Crippen LogP contribution >= 0.6 is 0 Å². The molecule has 0 saturated heterocycles. The minimum Gasteiger partial charge on any atom is -0.360 e. The van der Waals surface area contributed by atoms with Crippen LogP contribution in [0.3, 0.4) is 0 Å². The summed E-state index contributed by atoms with van der Waals surface area (Å²) in [7, 11) is 0. The number of hydrogen-bond donors (Lipinski definition) is 1. The maximum absolute atomic E-state index is 10.9. The Kier molecular flexibility index (Phi) is 3.94. The molecule has 0 heterocycles. The van der Waals surface area contributed by atoms with Gasteiger partial charge in [-0.1, -0.05) is 18.2 Å². The predicted molar refractivity (Wildman–Crippen MR) is 57.3 cm³/mol. The third-order valence-electron chi connectivity index (χ3n) is 1.66. The van der Waals surface area contributed by atoms with Gasteiger partial charge >= 0.3 is 16.3 Å². The van der Waals surface area contributed by atoms with Crippen LogP contribution in [0, 0.1) is 11.3 Å². The molecule has 1 N–H and O–H groups in total. The van der Waals surface area contributed by atoms with E-state index in [1.165, 1.54) is 6.20 Å². The van der Waals surface area contributed by atoms with Gasteiger partial charge in [0.05, 0.1) is 10.2 Å². The monoisotopic (exact) mass is 200 g/mol. The predicted octanol–water partition coefficient (Wildman–Crippen LogP) is 0.666. The molecule has 0 aliphatic heterocycles. The van der Waals surface area contributed by atoms with Crippen LogP contribution in [0.4, 0.5) is 5.69 Å². The standard InChI is InChI=1S/C10H7N2O.Al.2H/c11-6-9(8-13)7-12-10-4-2-1-3-5-10;;;/h1-5,7,12H;;;/b9-7+;;;. The Morgan fingerprint density at radius 3 is 2.57 bits per heavy atom. The van der Waals surface area contributed by atoms with Crippen molar-refractivity contribution >= 4 is 26.6 Å². The number of para-hydroxylation sites is 1. The second-order valence-electron chi connectivity index (χ2n) is 2.74. The lowest BCUT2D eigenvalue weighted by Crippen LogP contribution is -2.01. The normalized spacial score (nSPS) is 10.4. The van der Waals surface area contributed by atoms with E-state index < -0.39 is 0 Å². The Morgan fingerprint density at radius 1 is 1.43 bits per heavy atom. The molecule has 0 fully saturated rings. The quantitative estimate of drug-likeness (QED) is 0.443. The van der Waals surface area contributed by atoms with Crippen LogP contribution in [0.15, 0.2) is 42.1 Å². The van der Waals surface area contributed by atoms with E-state index >= 15 is 0 Å². The lowest BCUT2D eigenvalue weighted by atomic mass is 10.3. The number of anilines is 1. The maximum Gasteiger partial charge on any atom is 0.328 e. The van der Waals surface area contributed by atoms with Crippen molar-refractivity contribution in [3.05, 3.63) is 42.1 Å². The van der Waals surface area contributed by atoms with Gasteiger partial charge in [0.15, 0.2) is 0 Å². The molecule has 0 aliphatic rings. The van der Waals surface area contributed by atoms with Gasteiger partial charge in [0.25, 0.3) is 0 Å². The molecule has 1 rings (SSSR count). The highest BCUT2D eigenvalue weighted by atomic mass is 27.0. The summed E-state index contributed by atoms with van der Waals surface area (Å²) in [5, 5.41) is 11.5. The molecule has 14 heavy (non-hydrogen) atoms. The van der Waals surface area contributed by atoms with Gasteiger partial charge in [0.1, 0.15) is 6.07 Å². The van der Waals surface area contributed by atoms with Gasteiger partial charge in [0, 0.05) is 11.9 Å². The SMILES string of the molecule is N#C/C(=C\Nc1ccccc1)[C](=O)[AlH2]. The molecule has 0 spiro atoms. The fraction of sp³-hybridized carbons (Fsp3) is 0. The highest BCUT2D eigenvalue weighted by molar-refractivity contribution is 6.62. The first-order valence-corrected chi connectivity index (χ1v) is 5.17. The molecule has 0 radical (unpaired) electrons. The molecule has 68 valence electrons. The highest BCUT2D eigenvalue weighted by Crippen LogP contribution is 2.05. The molecule has 0 amide bonds. The number of hydrogen-bond acceptors (Lipinski definition) is 3. The Morgan fingerprint density at radius 2 is 2.07 bits per heavy atom. The van der Waals surface area contributed by atoms with E-state index in [4.69, 9.17) is 5.26 Å². The molecule has 4 heteroatoms. The number of rotatable bonds is 3. The topological polar surface area (TPSA) is 52.9 Å². The molecule has 3 nitrogen and oxygen atoms in total. The lowest BCUT2D eigenvalue weighted by molar-refractivity contribution is -0.108. The number of nitriles is 1. The smallest absolute Gasteiger partial charge is 0.328 e. The van der Waals surface area contributed by atoms with Crippen LogP contribution in [-0.2, 0) is 4.79 Å². The first-order valence-electron chi connectivity index (χ1n) is 4.17. The first-order chi connectivity index (χ1) is 6.74. The van der Waals surface area contributed by atoms with Crippen LogP contribution in [0.25, 0.3) is 0 Å². The van der Waals surface area contributed by atoms with Crippen LogP contribution in [-0.4, -0.2) is 20.9 Å². The largest absolute Gasteiger partial charge is 0.360 e. The molecule has 0 atom stereocenters. The molecule has 0 unspecified atom stereocenters. The maximum atomic E-state index is 10.9. The summed E-state index contributed by atoms with van der Waals surface area (Å²) >= 11 is 0.369. The van der Waals surface area contributed by atoms with Crippen molar-refractivity contribution in [3.63, 3.8) is 0 Å². The number of carbonyl (C=O) groups excluding carboxylic acids is 1. The summed E-state index contributed by atoms with van der Waals surface area (Å²) in [5.41, 5.74) is 1.05. The average molecular weight is 200 g/mol. The third-order valence-corrected chi connectivity index (χ3v) is 2.20. The summed E-state index contributed by atoms with van der Waals surface area (Å²) in [6.07, 6.45) is 1.45. The number of allylic oxidation sites excluding steroid dienone is 1. The van der Waals surface area contributed by atoms with E-state index in [1.54, 1.807) is 0 Å². The Hall–Kier alpha value is -1.55. The second kappa shape index (κ2) is 5.24. The zero-order valence-electron chi connectivity index (χ0n) is 7.82. The molecule has 0 aromatic heterocycles. The van der Waals surface area contributed by atoms with E-state index in [9.17, 15) is 4.79 Å². The highest BCUT2D eigenvalue weighted by Gasteiger charge is 1.99. The van der Waals surface area contributed by atoms with Crippen molar-refractivity contribution in [2.45, 2.75) is 0 Å².